The average molecular weight is 387 g/mol. The van der Waals surface area contributed by atoms with Crippen LogP contribution in [0.2, 0.25) is 0 Å². The summed E-state index contributed by atoms with van der Waals surface area (Å²) in [5.74, 6) is 1.73. The summed E-state index contributed by atoms with van der Waals surface area (Å²) < 4.78 is 11.6. The second-order valence-corrected chi connectivity index (χ2v) is 9.55. The molecule has 4 aliphatic rings. The van der Waals surface area contributed by atoms with Gasteiger partial charge in [-0.05, 0) is 69.4 Å². The third kappa shape index (κ3) is 2.96. The summed E-state index contributed by atoms with van der Waals surface area (Å²) in [7, 11) is 0. The molecule has 1 aromatic heterocycles. The number of carbonyl (C=O) groups is 1. The summed E-state index contributed by atoms with van der Waals surface area (Å²) in [5, 5.41) is 8.17. The number of ether oxygens (including phenoxy) is 1. The van der Waals surface area contributed by atoms with Crippen molar-refractivity contribution in [1.29, 1.82) is 0 Å². The first-order valence-electron chi connectivity index (χ1n) is 9.74. The quantitative estimate of drug-likeness (QED) is 0.551. The molecule has 0 saturated heterocycles. The number of benzene rings is 1. The maximum absolute atomic E-state index is 13.1. The summed E-state index contributed by atoms with van der Waals surface area (Å²) in [4.78, 5) is 12.9. The van der Waals surface area contributed by atoms with Crippen molar-refractivity contribution in [2.24, 2.45) is 17.3 Å². The van der Waals surface area contributed by atoms with Crippen LogP contribution < -0.4 is 0 Å². The number of halogens is 1. The zero-order valence-electron chi connectivity index (χ0n) is 15.4. The Morgan fingerprint density at radius 1 is 1.19 bits per heavy atom. The van der Waals surface area contributed by atoms with Crippen LogP contribution in [0.1, 0.15) is 57.4 Å². The van der Waals surface area contributed by atoms with Gasteiger partial charge in [-0.25, -0.2) is 0 Å². The second kappa shape index (κ2) is 6.06. The van der Waals surface area contributed by atoms with Gasteiger partial charge in [0.15, 0.2) is 6.10 Å². The molecule has 5 nitrogen and oxygen atoms in total. The van der Waals surface area contributed by atoms with E-state index in [0.717, 1.165) is 37.7 Å². The molecule has 4 aliphatic carbocycles. The van der Waals surface area contributed by atoms with Gasteiger partial charge in [0.2, 0.25) is 5.89 Å². The van der Waals surface area contributed by atoms with E-state index in [1.165, 1.54) is 6.42 Å². The van der Waals surface area contributed by atoms with Gasteiger partial charge in [-0.2, -0.15) is 0 Å². The van der Waals surface area contributed by atoms with E-state index in [4.69, 9.17) is 20.8 Å². The molecule has 4 saturated carbocycles. The highest BCUT2D eigenvalue weighted by Crippen LogP contribution is 2.64. The first-order valence-corrected chi connectivity index (χ1v) is 10.1. The standard InChI is InChI=1S/C21H23ClN2O3/c1-13(17-23-24-18(27-17)16-5-3-2-4-6-16)26-19(25)20-8-14-7-15(9-20)11-21(22,10-14)12-20/h2-6,13-15H,7-12H2,1H3/t13-,14+,15+,20?,21?/m0/s1. The van der Waals surface area contributed by atoms with Crippen LogP contribution >= 0.6 is 11.6 Å². The predicted molar refractivity (Wildman–Crippen MR) is 99.9 cm³/mol. The van der Waals surface area contributed by atoms with Crippen molar-refractivity contribution >= 4 is 17.6 Å². The smallest absolute Gasteiger partial charge is 0.312 e. The Kier molecular flexibility index (Phi) is 3.87. The number of hydrogen-bond acceptors (Lipinski definition) is 5. The van der Waals surface area contributed by atoms with E-state index >= 15 is 0 Å². The lowest BCUT2D eigenvalue weighted by molar-refractivity contribution is -0.176. The van der Waals surface area contributed by atoms with Crippen molar-refractivity contribution in [3.63, 3.8) is 0 Å². The number of rotatable bonds is 4. The van der Waals surface area contributed by atoms with Gasteiger partial charge in [0.25, 0.3) is 5.89 Å². The first kappa shape index (κ1) is 17.2. The van der Waals surface area contributed by atoms with E-state index in [-0.39, 0.29) is 10.8 Å². The van der Waals surface area contributed by atoms with Gasteiger partial charge in [0.1, 0.15) is 0 Å². The molecule has 0 N–H and O–H groups in total. The Hall–Kier alpha value is -1.88. The SMILES string of the molecule is C[C@H](OC(=O)C12C[C@H]3C[C@@H](CC(Cl)(C3)C1)C2)c1nnc(-c2ccccc2)o1. The Morgan fingerprint density at radius 3 is 2.56 bits per heavy atom. The van der Waals surface area contributed by atoms with Crippen molar-refractivity contribution in [3.8, 4) is 11.5 Å². The molecule has 0 unspecified atom stereocenters. The van der Waals surface area contributed by atoms with Crippen LogP contribution in [-0.4, -0.2) is 21.0 Å². The van der Waals surface area contributed by atoms with Crippen molar-refractivity contribution < 1.29 is 13.9 Å². The molecule has 1 heterocycles. The summed E-state index contributed by atoms with van der Waals surface area (Å²) in [6, 6.07) is 9.57. The molecule has 0 aliphatic heterocycles. The molecule has 4 fully saturated rings. The molecule has 4 bridgehead atoms. The Balaban J connectivity index is 1.32. The summed E-state index contributed by atoms with van der Waals surface area (Å²) in [6.45, 7) is 1.79. The molecule has 142 valence electrons. The number of alkyl halides is 1. The fourth-order valence-electron chi connectivity index (χ4n) is 5.82. The Labute approximate surface area is 163 Å². The molecule has 3 atom stereocenters. The van der Waals surface area contributed by atoms with Gasteiger partial charge in [-0.3, -0.25) is 4.79 Å². The third-order valence-electron chi connectivity index (χ3n) is 6.52. The van der Waals surface area contributed by atoms with Crippen LogP contribution in [0.15, 0.2) is 34.7 Å². The highest BCUT2D eigenvalue weighted by Gasteiger charge is 2.61. The molecule has 1 aromatic carbocycles. The van der Waals surface area contributed by atoms with Crippen molar-refractivity contribution in [2.45, 2.75) is 56.4 Å². The number of carbonyl (C=O) groups excluding carboxylic acids is 1. The third-order valence-corrected chi connectivity index (χ3v) is 6.96. The molecule has 0 amide bonds. The number of aromatic nitrogens is 2. The molecular formula is C21H23ClN2O3. The summed E-state index contributed by atoms with van der Waals surface area (Å²) >= 11 is 6.84. The molecule has 27 heavy (non-hydrogen) atoms. The van der Waals surface area contributed by atoms with E-state index in [1.54, 1.807) is 6.92 Å². The monoisotopic (exact) mass is 386 g/mol. The topological polar surface area (TPSA) is 65.2 Å². The lowest BCUT2D eigenvalue weighted by Gasteiger charge is -2.58. The number of nitrogens with zero attached hydrogens (tertiary/aromatic N) is 2. The van der Waals surface area contributed by atoms with Crippen molar-refractivity contribution in [1.82, 2.24) is 10.2 Å². The van der Waals surface area contributed by atoms with Crippen LogP contribution in [0.5, 0.6) is 0 Å². The fraction of sp³-hybridized carbons (Fsp3) is 0.571. The average Bonchev–Trinajstić information content (AvgIpc) is 3.10. The van der Waals surface area contributed by atoms with E-state index in [9.17, 15) is 4.79 Å². The summed E-state index contributed by atoms with van der Waals surface area (Å²) in [5.41, 5.74) is 0.419. The number of hydrogen-bond donors (Lipinski definition) is 0. The van der Waals surface area contributed by atoms with Gasteiger partial charge in [0.05, 0.1) is 5.41 Å². The zero-order valence-corrected chi connectivity index (χ0v) is 16.1. The lowest BCUT2D eigenvalue weighted by Crippen LogP contribution is -2.56. The minimum atomic E-state index is -0.568. The number of esters is 1. The maximum atomic E-state index is 13.1. The molecule has 0 radical (unpaired) electrons. The lowest BCUT2D eigenvalue weighted by atomic mass is 9.49. The molecular weight excluding hydrogens is 364 g/mol. The van der Waals surface area contributed by atoms with E-state index < -0.39 is 11.5 Å². The summed E-state index contributed by atoms with van der Waals surface area (Å²) in [6.07, 6.45) is 5.27. The van der Waals surface area contributed by atoms with Crippen LogP contribution in [0.25, 0.3) is 11.5 Å². The van der Waals surface area contributed by atoms with Crippen LogP contribution in [0.3, 0.4) is 0 Å². The minimum absolute atomic E-state index is 0.145. The van der Waals surface area contributed by atoms with Crippen LogP contribution in [0.4, 0.5) is 0 Å². The van der Waals surface area contributed by atoms with E-state index in [2.05, 4.69) is 10.2 Å². The van der Waals surface area contributed by atoms with Crippen LogP contribution in [-0.2, 0) is 9.53 Å². The Morgan fingerprint density at radius 2 is 1.89 bits per heavy atom. The van der Waals surface area contributed by atoms with Gasteiger partial charge in [-0.1, -0.05) is 18.2 Å². The maximum Gasteiger partial charge on any atom is 0.312 e. The second-order valence-electron chi connectivity index (χ2n) is 8.75. The van der Waals surface area contributed by atoms with E-state index in [1.807, 2.05) is 30.3 Å². The predicted octanol–water partition coefficient (Wildman–Crippen LogP) is 4.92. The van der Waals surface area contributed by atoms with Gasteiger partial charge >= 0.3 is 5.97 Å². The molecule has 2 aromatic rings. The fourth-order valence-corrected chi connectivity index (χ4v) is 6.51. The van der Waals surface area contributed by atoms with Crippen molar-refractivity contribution in [3.05, 3.63) is 36.2 Å². The largest absolute Gasteiger partial charge is 0.452 e. The molecule has 6 rings (SSSR count). The van der Waals surface area contributed by atoms with Gasteiger partial charge < -0.3 is 9.15 Å². The van der Waals surface area contributed by atoms with E-state index in [0.29, 0.717) is 23.6 Å². The minimum Gasteiger partial charge on any atom is -0.452 e. The van der Waals surface area contributed by atoms with Gasteiger partial charge in [-0.15, -0.1) is 21.8 Å². The normalized spacial score (nSPS) is 35.2. The highest BCUT2D eigenvalue weighted by molar-refractivity contribution is 6.24. The van der Waals surface area contributed by atoms with Gasteiger partial charge in [0, 0.05) is 10.4 Å². The zero-order chi connectivity index (χ0) is 18.6. The highest BCUT2D eigenvalue weighted by atomic mass is 35.5. The van der Waals surface area contributed by atoms with Crippen LogP contribution in [0, 0.1) is 17.3 Å². The first-order chi connectivity index (χ1) is 12.9. The molecule has 6 heteroatoms. The molecule has 0 spiro atoms. The Bertz CT molecular complexity index is 851. The van der Waals surface area contributed by atoms with Crippen molar-refractivity contribution in [2.75, 3.05) is 0 Å².